The number of hydrogen-bond acceptors (Lipinski definition) is 5. The van der Waals surface area contributed by atoms with E-state index >= 15 is 0 Å². The predicted octanol–water partition coefficient (Wildman–Crippen LogP) is 0.648. The van der Waals surface area contributed by atoms with Crippen molar-refractivity contribution in [1.82, 2.24) is 19.6 Å². The number of rotatable bonds is 5. The van der Waals surface area contributed by atoms with Gasteiger partial charge in [-0.05, 0) is 25.3 Å². The first kappa shape index (κ1) is 15.4. The molecule has 1 N–H and O–H groups in total. The highest BCUT2D eigenvalue weighted by molar-refractivity contribution is 5.90. The van der Waals surface area contributed by atoms with Gasteiger partial charge in [0.1, 0.15) is 6.54 Å². The third-order valence-electron chi connectivity index (χ3n) is 3.66. The smallest absolute Gasteiger partial charge is 0.267 e. The Balaban J connectivity index is 1.55. The van der Waals surface area contributed by atoms with Crippen LogP contribution in [0, 0.1) is 0 Å². The molecule has 1 unspecified atom stereocenters. The average molecular weight is 317 g/mol. The topological polar surface area (TPSA) is 91.0 Å². The van der Waals surface area contributed by atoms with Crippen molar-refractivity contribution in [2.24, 2.45) is 0 Å². The number of carbonyl (C=O) groups excluding carboxylic acids is 1. The molecule has 2 aromatic rings. The molecule has 8 heteroatoms. The summed E-state index contributed by atoms with van der Waals surface area (Å²) in [6, 6.07) is 2.90. The number of nitrogens with zero attached hydrogens (tertiary/aromatic N) is 4. The fraction of sp³-hybridized carbons (Fsp3) is 0.467. The van der Waals surface area contributed by atoms with E-state index in [0.717, 1.165) is 24.1 Å². The molecular weight excluding hydrogens is 298 g/mol. The summed E-state index contributed by atoms with van der Waals surface area (Å²) >= 11 is 0. The van der Waals surface area contributed by atoms with E-state index in [9.17, 15) is 9.59 Å². The molecule has 0 aromatic carbocycles. The number of nitrogens with one attached hydrogen (secondary N) is 1. The molecule has 1 atom stereocenters. The van der Waals surface area contributed by atoms with Crippen molar-refractivity contribution in [2.75, 3.05) is 11.9 Å². The second-order valence-electron chi connectivity index (χ2n) is 5.51. The second-order valence-corrected chi connectivity index (χ2v) is 5.51. The maximum absolute atomic E-state index is 12.0. The van der Waals surface area contributed by atoms with Gasteiger partial charge in [0, 0.05) is 25.1 Å². The first-order valence-corrected chi connectivity index (χ1v) is 7.67. The van der Waals surface area contributed by atoms with Crippen molar-refractivity contribution in [1.29, 1.82) is 0 Å². The SMILES string of the molecule is O=C(Cn1ncccc1=O)Nc1cnn(CC2CCCCO2)c1. The molecule has 8 nitrogen and oxygen atoms in total. The summed E-state index contributed by atoms with van der Waals surface area (Å²) in [6.07, 6.45) is 8.32. The lowest BCUT2D eigenvalue weighted by molar-refractivity contribution is -0.117. The van der Waals surface area contributed by atoms with Crippen molar-refractivity contribution < 1.29 is 9.53 Å². The van der Waals surface area contributed by atoms with Crippen LogP contribution in [0.3, 0.4) is 0 Å². The normalized spacial score (nSPS) is 17.8. The number of anilines is 1. The lowest BCUT2D eigenvalue weighted by Crippen LogP contribution is -2.28. The molecular formula is C15H19N5O3. The second kappa shape index (κ2) is 7.19. The van der Waals surface area contributed by atoms with E-state index in [1.54, 1.807) is 17.1 Å². The summed E-state index contributed by atoms with van der Waals surface area (Å²) in [5.41, 5.74) is 0.280. The molecule has 1 aliphatic rings. The Labute approximate surface area is 133 Å². The molecule has 0 bridgehead atoms. The highest BCUT2D eigenvalue weighted by Crippen LogP contribution is 2.15. The van der Waals surface area contributed by atoms with E-state index in [-0.39, 0.29) is 24.1 Å². The molecule has 3 rings (SSSR count). The fourth-order valence-corrected chi connectivity index (χ4v) is 2.53. The summed E-state index contributed by atoms with van der Waals surface area (Å²) in [7, 11) is 0. The van der Waals surface area contributed by atoms with E-state index in [4.69, 9.17) is 4.74 Å². The van der Waals surface area contributed by atoms with Crippen molar-refractivity contribution in [3.05, 3.63) is 41.1 Å². The van der Waals surface area contributed by atoms with Crippen LogP contribution in [-0.4, -0.2) is 38.2 Å². The molecule has 1 amide bonds. The quantitative estimate of drug-likeness (QED) is 0.874. The molecule has 1 saturated heterocycles. The van der Waals surface area contributed by atoms with E-state index in [2.05, 4.69) is 15.5 Å². The van der Waals surface area contributed by atoms with Crippen molar-refractivity contribution in [3.8, 4) is 0 Å². The summed E-state index contributed by atoms with van der Waals surface area (Å²) in [5, 5.41) is 10.8. The van der Waals surface area contributed by atoms with E-state index in [1.807, 2.05) is 0 Å². The van der Waals surface area contributed by atoms with Crippen LogP contribution in [0.25, 0.3) is 0 Å². The van der Waals surface area contributed by atoms with Crippen molar-refractivity contribution in [3.63, 3.8) is 0 Å². The standard InChI is InChI=1S/C15H19N5O3/c21-14(11-20-15(22)5-3-6-16-20)18-12-8-17-19(9-12)10-13-4-1-2-7-23-13/h3,5-6,8-9,13H,1-2,4,7,10-11H2,(H,18,21). The molecule has 1 aliphatic heterocycles. The molecule has 0 saturated carbocycles. The molecule has 1 fully saturated rings. The van der Waals surface area contributed by atoms with Crippen LogP contribution < -0.4 is 10.9 Å². The maximum Gasteiger partial charge on any atom is 0.267 e. The monoisotopic (exact) mass is 317 g/mol. The minimum atomic E-state index is -0.320. The maximum atomic E-state index is 12.0. The van der Waals surface area contributed by atoms with E-state index in [0.29, 0.717) is 12.2 Å². The number of ether oxygens (including phenoxy) is 1. The minimum absolute atomic E-state index is 0.128. The predicted molar refractivity (Wildman–Crippen MR) is 82.9 cm³/mol. The lowest BCUT2D eigenvalue weighted by atomic mass is 10.1. The highest BCUT2D eigenvalue weighted by Gasteiger charge is 2.15. The first-order chi connectivity index (χ1) is 11.2. The molecule has 0 radical (unpaired) electrons. The van der Waals surface area contributed by atoms with Crippen molar-refractivity contribution >= 4 is 11.6 Å². The molecule has 122 valence electrons. The Kier molecular flexibility index (Phi) is 4.82. The number of carbonyl (C=O) groups is 1. The van der Waals surface area contributed by atoms with Gasteiger partial charge in [-0.1, -0.05) is 0 Å². The van der Waals surface area contributed by atoms with Gasteiger partial charge in [-0.3, -0.25) is 14.3 Å². The largest absolute Gasteiger partial charge is 0.376 e. The Hall–Kier alpha value is -2.48. The summed E-state index contributed by atoms with van der Waals surface area (Å²) < 4.78 is 8.54. The van der Waals surface area contributed by atoms with Gasteiger partial charge in [-0.15, -0.1) is 0 Å². The van der Waals surface area contributed by atoms with Gasteiger partial charge < -0.3 is 10.1 Å². The van der Waals surface area contributed by atoms with Crippen LogP contribution in [0.1, 0.15) is 19.3 Å². The third kappa shape index (κ3) is 4.26. The zero-order valence-corrected chi connectivity index (χ0v) is 12.7. The van der Waals surface area contributed by atoms with Crippen LogP contribution in [0.5, 0.6) is 0 Å². The summed E-state index contributed by atoms with van der Waals surface area (Å²) in [4.78, 5) is 23.5. The Morgan fingerprint density at radius 3 is 3.09 bits per heavy atom. The summed E-state index contributed by atoms with van der Waals surface area (Å²) in [5.74, 6) is -0.320. The van der Waals surface area contributed by atoms with Gasteiger partial charge in [-0.25, -0.2) is 4.68 Å². The number of hydrogen-bond donors (Lipinski definition) is 1. The highest BCUT2D eigenvalue weighted by atomic mass is 16.5. The van der Waals surface area contributed by atoms with E-state index in [1.165, 1.54) is 24.8 Å². The van der Waals surface area contributed by atoms with Gasteiger partial charge in [-0.2, -0.15) is 10.2 Å². The molecule has 0 spiro atoms. The van der Waals surface area contributed by atoms with Crippen LogP contribution in [0.2, 0.25) is 0 Å². The zero-order valence-electron chi connectivity index (χ0n) is 12.7. The first-order valence-electron chi connectivity index (χ1n) is 7.67. The Bertz CT molecular complexity index is 718. The fourth-order valence-electron chi connectivity index (χ4n) is 2.53. The van der Waals surface area contributed by atoms with Gasteiger partial charge in [0.25, 0.3) is 5.56 Å². The van der Waals surface area contributed by atoms with E-state index < -0.39 is 0 Å². The Morgan fingerprint density at radius 2 is 2.30 bits per heavy atom. The number of aromatic nitrogens is 4. The molecule has 0 aliphatic carbocycles. The van der Waals surface area contributed by atoms with Crippen LogP contribution >= 0.6 is 0 Å². The molecule has 3 heterocycles. The van der Waals surface area contributed by atoms with Crippen LogP contribution in [0.15, 0.2) is 35.5 Å². The van der Waals surface area contributed by atoms with Crippen LogP contribution in [-0.2, 0) is 22.6 Å². The molecule has 23 heavy (non-hydrogen) atoms. The van der Waals surface area contributed by atoms with Gasteiger partial charge >= 0.3 is 0 Å². The average Bonchev–Trinajstić information content (AvgIpc) is 2.97. The van der Waals surface area contributed by atoms with Gasteiger partial charge in [0.15, 0.2) is 0 Å². The lowest BCUT2D eigenvalue weighted by Gasteiger charge is -2.22. The Morgan fingerprint density at radius 1 is 1.39 bits per heavy atom. The van der Waals surface area contributed by atoms with Gasteiger partial charge in [0.05, 0.1) is 24.5 Å². The number of amides is 1. The minimum Gasteiger partial charge on any atom is -0.376 e. The zero-order chi connectivity index (χ0) is 16.1. The third-order valence-corrected chi connectivity index (χ3v) is 3.66. The summed E-state index contributed by atoms with van der Waals surface area (Å²) in [6.45, 7) is 1.35. The van der Waals surface area contributed by atoms with Crippen LogP contribution in [0.4, 0.5) is 5.69 Å². The van der Waals surface area contributed by atoms with Crippen molar-refractivity contribution in [2.45, 2.75) is 38.5 Å². The van der Waals surface area contributed by atoms with Gasteiger partial charge in [0.2, 0.25) is 5.91 Å². The molecule has 2 aromatic heterocycles.